The SMILES string of the molecule is CCn1ncc(CN(C)C(=O)Cn2cc([N+](=O)[O-])c(C)n2)c1C. The molecule has 0 N–H and O–H groups in total. The van der Waals surface area contributed by atoms with Crippen molar-refractivity contribution in [2.75, 3.05) is 7.05 Å². The zero-order valence-electron chi connectivity index (χ0n) is 13.7. The van der Waals surface area contributed by atoms with E-state index in [2.05, 4.69) is 10.2 Å². The van der Waals surface area contributed by atoms with Gasteiger partial charge in [-0.3, -0.25) is 24.3 Å². The molecular formula is C14H20N6O3. The van der Waals surface area contributed by atoms with Crippen LogP contribution in [-0.2, 0) is 24.4 Å². The van der Waals surface area contributed by atoms with Crippen molar-refractivity contribution >= 4 is 11.6 Å². The van der Waals surface area contributed by atoms with Crippen LogP contribution in [0, 0.1) is 24.0 Å². The van der Waals surface area contributed by atoms with E-state index in [0.29, 0.717) is 12.2 Å². The van der Waals surface area contributed by atoms with E-state index in [-0.39, 0.29) is 18.1 Å². The largest absolute Gasteiger partial charge is 0.340 e. The molecule has 2 heterocycles. The fraction of sp³-hybridized carbons (Fsp3) is 0.500. The molecule has 23 heavy (non-hydrogen) atoms. The molecule has 2 aromatic rings. The van der Waals surface area contributed by atoms with E-state index in [1.165, 1.54) is 10.9 Å². The summed E-state index contributed by atoms with van der Waals surface area (Å²) >= 11 is 0. The van der Waals surface area contributed by atoms with Gasteiger partial charge in [0.05, 0.1) is 11.1 Å². The maximum Gasteiger partial charge on any atom is 0.309 e. The minimum Gasteiger partial charge on any atom is -0.340 e. The molecule has 0 aliphatic heterocycles. The molecule has 124 valence electrons. The molecule has 2 aromatic heterocycles. The normalized spacial score (nSPS) is 10.8. The first-order chi connectivity index (χ1) is 10.8. The monoisotopic (exact) mass is 320 g/mol. The summed E-state index contributed by atoms with van der Waals surface area (Å²) in [6.45, 7) is 6.69. The van der Waals surface area contributed by atoms with E-state index in [1.807, 2.05) is 18.5 Å². The number of aryl methyl sites for hydroxylation is 2. The Morgan fingerprint density at radius 1 is 1.43 bits per heavy atom. The molecule has 0 atom stereocenters. The zero-order valence-corrected chi connectivity index (χ0v) is 13.7. The van der Waals surface area contributed by atoms with Crippen LogP contribution in [0.4, 0.5) is 5.69 Å². The number of carbonyl (C=O) groups excluding carboxylic acids is 1. The molecule has 0 saturated heterocycles. The maximum absolute atomic E-state index is 12.3. The number of nitrogens with zero attached hydrogens (tertiary/aromatic N) is 6. The highest BCUT2D eigenvalue weighted by Crippen LogP contribution is 2.15. The van der Waals surface area contributed by atoms with Gasteiger partial charge < -0.3 is 4.90 Å². The highest BCUT2D eigenvalue weighted by Gasteiger charge is 2.18. The number of hydrogen-bond donors (Lipinski definition) is 0. The van der Waals surface area contributed by atoms with Gasteiger partial charge in [-0.05, 0) is 20.8 Å². The van der Waals surface area contributed by atoms with Crippen LogP contribution < -0.4 is 0 Å². The van der Waals surface area contributed by atoms with Crippen LogP contribution in [0.15, 0.2) is 12.4 Å². The lowest BCUT2D eigenvalue weighted by molar-refractivity contribution is -0.385. The highest BCUT2D eigenvalue weighted by atomic mass is 16.6. The lowest BCUT2D eigenvalue weighted by atomic mass is 10.2. The number of amides is 1. The molecule has 0 unspecified atom stereocenters. The second-order valence-electron chi connectivity index (χ2n) is 5.38. The number of hydrogen-bond acceptors (Lipinski definition) is 5. The van der Waals surface area contributed by atoms with Gasteiger partial charge >= 0.3 is 5.69 Å². The van der Waals surface area contributed by atoms with Crippen LogP contribution in [0.2, 0.25) is 0 Å². The van der Waals surface area contributed by atoms with Crippen LogP contribution >= 0.6 is 0 Å². The Kier molecular flexibility index (Phi) is 4.77. The van der Waals surface area contributed by atoms with E-state index in [9.17, 15) is 14.9 Å². The Balaban J connectivity index is 2.03. The average Bonchev–Trinajstić information content (AvgIpc) is 3.02. The number of likely N-dealkylation sites (N-methyl/N-ethyl adjacent to an activating group) is 1. The summed E-state index contributed by atoms with van der Waals surface area (Å²) in [5, 5.41) is 19.1. The molecule has 0 aromatic carbocycles. The first kappa shape index (κ1) is 16.7. The van der Waals surface area contributed by atoms with Crippen molar-refractivity contribution in [1.29, 1.82) is 0 Å². The number of aromatic nitrogens is 4. The molecule has 1 amide bonds. The van der Waals surface area contributed by atoms with Crippen LogP contribution in [0.25, 0.3) is 0 Å². The van der Waals surface area contributed by atoms with Gasteiger partial charge in [-0.2, -0.15) is 10.2 Å². The summed E-state index contributed by atoms with van der Waals surface area (Å²) < 4.78 is 3.17. The fourth-order valence-corrected chi connectivity index (χ4v) is 2.33. The Labute approximate surface area is 133 Å². The number of nitro groups is 1. The standard InChI is InChI=1S/C14H20N6O3/c1-5-19-11(3)12(6-15-19)7-17(4)14(21)9-18-8-13(20(22)23)10(2)16-18/h6,8H,5,7,9H2,1-4H3. The third kappa shape index (κ3) is 3.55. The second-order valence-corrected chi connectivity index (χ2v) is 5.38. The number of carbonyl (C=O) groups is 1. The molecule has 0 aliphatic carbocycles. The highest BCUT2D eigenvalue weighted by molar-refractivity contribution is 5.75. The molecule has 0 saturated carbocycles. The molecule has 2 rings (SSSR count). The van der Waals surface area contributed by atoms with Crippen molar-refractivity contribution in [2.24, 2.45) is 0 Å². The van der Waals surface area contributed by atoms with E-state index >= 15 is 0 Å². The second kappa shape index (κ2) is 6.59. The Morgan fingerprint density at radius 2 is 2.13 bits per heavy atom. The third-order valence-electron chi connectivity index (χ3n) is 3.75. The van der Waals surface area contributed by atoms with Gasteiger partial charge in [0.2, 0.25) is 5.91 Å². The van der Waals surface area contributed by atoms with Crippen molar-refractivity contribution in [3.63, 3.8) is 0 Å². The molecule has 9 nitrogen and oxygen atoms in total. The average molecular weight is 320 g/mol. The first-order valence-corrected chi connectivity index (χ1v) is 7.27. The van der Waals surface area contributed by atoms with Gasteiger partial charge in [0.25, 0.3) is 0 Å². The van der Waals surface area contributed by atoms with Gasteiger partial charge in [-0.15, -0.1) is 0 Å². The van der Waals surface area contributed by atoms with Crippen LogP contribution in [0.1, 0.15) is 23.9 Å². The lowest BCUT2D eigenvalue weighted by Gasteiger charge is -2.17. The van der Waals surface area contributed by atoms with Gasteiger partial charge in [0, 0.05) is 31.4 Å². The quantitative estimate of drug-likeness (QED) is 0.590. The zero-order chi connectivity index (χ0) is 17.1. The summed E-state index contributed by atoms with van der Waals surface area (Å²) in [4.78, 5) is 24.1. The first-order valence-electron chi connectivity index (χ1n) is 7.27. The Bertz CT molecular complexity index is 733. The van der Waals surface area contributed by atoms with Crippen molar-refractivity contribution in [3.05, 3.63) is 39.5 Å². The van der Waals surface area contributed by atoms with Crippen molar-refractivity contribution in [1.82, 2.24) is 24.5 Å². The van der Waals surface area contributed by atoms with Gasteiger partial charge in [-0.1, -0.05) is 0 Å². The summed E-state index contributed by atoms with van der Waals surface area (Å²) in [6, 6.07) is 0. The van der Waals surface area contributed by atoms with Crippen molar-refractivity contribution in [3.8, 4) is 0 Å². The van der Waals surface area contributed by atoms with Crippen molar-refractivity contribution < 1.29 is 9.72 Å². The summed E-state index contributed by atoms with van der Waals surface area (Å²) in [7, 11) is 1.69. The molecule has 0 aliphatic rings. The molecule has 0 radical (unpaired) electrons. The van der Waals surface area contributed by atoms with Gasteiger partial charge in [-0.25, -0.2) is 0 Å². The van der Waals surface area contributed by atoms with E-state index in [1.54, 1.807) is 25.1 Å². The van der Waals surface area contributed by atoms with Gasteiger partial charge in [0.15, 0.2) is 0 Å². The predicted molar refractivity (Wildman–Crippen MR) is 82.7 cm³/mol. The minimum absolute atomic E-state index is 0.0356. The lowest BCUT2D eigenvalue weighted by Crippen LogP contribution is -2.30. The van der Waals surface area contributed by atoms with Gasteiger partial charge in [0.1, 0.15) is 18.4 Å². The molecule has 0 spiro atoms. The summed E-state index contributed by atoms with van der Waals surface area (Å²) in [5.41, 5.74) is 2.22. The fourth-order valence-electron chi connectivity index (χ4n) is 2.33. The van der Waals surface area contributed by atoms with Crippen LogP contribution in [-0.4, -0.2) is 42.3 Å². The third-order valence-corrected chi connectivity index (χ3v) is 3.75. The summed E-state index contributed by atoms with van der Waals surface area (Å²) in [5.74, 6) is -0.175. The topological polar surface area (TPSA) is 99.1 Å². The smallest absolute Gasteiger partial charge is 0.309 e. The summed E-state index contributed by atoms with van der Waals surface area (Å²) in [6.07, 6.45) is 3.03. The Morgan fingerprint density at radius 3 is 2.65 bits per heavy atom. The Hall–Kier alpha value is -2.71. The van der Waals surface area contributed by atoms with E-state index < -0.39 is 4.92 Å². The molecular weight excluding hydrogens is 300 g/mol. The maximum atomic E-state index is 12.3. The van der Waals surface area contributed by atoms with E-state index in [0.717, 1.165) is 17.8 Å². The van der Waals surface area contributed by atoms with Crippen molar-refractivity contribution in [2.45, 2.75) is 40.4 Å². The molecule has 9 heteroatoms. The van der Waals surface area contributed by atoms with E-state index in [4.69, 9.17) is 0 Å². The predicted octanol–water partition coefficient (Wildman–Crippen LogP) is 1.28. The van der Waals surface area contributed by atoms with Crippen LogP contribution in [0.5, 0.6) is 0 Å². The minimum atomic E-state index is -0.504. The van der Waals surface area contributed by atoms with Crippen LogP contribution in [0.3, 0.4) is 0 Å². The molecule has 0 bridgehead atoms. The molecule has 0 fully saturated rings. The number of rotatable bonds is 6.